The number of para-hydroxylation sites is 1. The van der Waals surface area contributed by atoms with Gasteiger partial charge in [-0.05, 0) is 36.4 Å². The molecule has 0 spiro atoms. The van der Waals surface area contributed by atoms with Gasteiger partial charge in [-0.3, -0.25) is 24.6 Å². The molecule has 1 fully saturated rings. The van der Waals surface area contributed by atoms with Crippen molar-refractivity contribution in [1.29, 1.82) is 0 Å². The second kappa shape index (κ2) is 6.90. The molecule has 0 saturated carbocycles. The zero-order chi connectivity index (χ0) is 18.0. The molecule has 7 heteroatoms. The first-order valence-electron chi connectivity index (χ1n) is 7.50. The van der Waals surface area contributed by atoms with E-state index in [1.54, 1.807) is 18.2 Å². The number of nitro benzene ring substituents is 1. The molecule has 0 aliphatic carbocycles. The van der Waals surface area contributed by atoms with Crippen molar-refractivity contribution in [3.8, 4) is 0 Å². The van der Waals surface area contributed by atoms with Gasteiger partial charge in [0.05, 0.1) is 21.9 Å². The first kappa shape index (κ1) is 16.9. The van der Waals surface area contributed by atoms with Crippen LogP contribution in [-0.2, 0) is 11.3 Å². The molecule has 6 nitrogen and oxygen atoms in total. The summed E-state index contributed by atoms with van der Waals surface area (Å²) in [6, 6.07) is 13.7. The topological polar surface area (TPSA) is 80.5 Å². The van der Waals surface area contributed by atoms with E-state index in [1.165, 1.54) is 12.1 Å². The number of thioether (sulfide) groups is 1. The Morgan fingerprint density at radius 1 is 1.12 bits per heavy atom. The van der Waals surface area contributed by atoms with E-state index in [0.717, 1.165) is 27.8 Å². The maximum atomic E-state index is 12.5. The average molecular weight is 354 g/mol. The van der Waals surface area contributed by atoms with Gasteiger partial charge in [-0.25, -0.2) is 0 Å². The van der Waals surface area contributed by atoms with Gasteiger partial charge in [-0.2, -0.15) is 0 Å². The summed E-state index contributed by atoms with van der Waals surface area (Å²) in [4.78, 5) is 36.6. The third-order valence-electron chi connectivity index (χ3n) is 3.75. The van der Waals surface area contributed by atoms with Crippen LogP contribution in [0.25, 0.3) is 6.08 Å². The second-order valence-corrected chi connectivity index (χ2v) is 6.56. The van der Waals surface area contributed by atoms with Crippen LogP contribution < -0.4 is 0 Å². The summed E-state index contributed by atoms with van der Waals surface area (Å²) in [5.74, 6) is -0.436. The van der Waals surface area contributed by atoms with Crippen LogP contribution in [0.15, 0.2) is 53.4 Å². The monoisotopic (exact) mass is 354 g/mol. The number of nitro groups is 1. The fourth-order valence-electron chi connectivity index (χ4n) is 2.43. The number of amides is 2. The van der Waals surface area contributed by atoms with E-state index >= 15 is 0 Å². The van der Waals surface area contributed by atoms with Gasteiger partial charge < -0.3 is 0 Å². The van der Waals surface area contributed by atoms with Crippen LogP contribution in [0.3, 0.4) is 0 Å². The fraction of sp³-hybridized carbons (Fsp3) is 0.111. The number of carbonyl (C=O) groups excluding carboxylic acids is 2. The van der Waals surface area contributed by atoms with Crippen LogP contribution >= 0.6 is 11.8 Å². The van der Waals surface area contributed by atoms with Crippen molar-refractivity contribution in [2.75, 3.05) is 0 Å². The summed E-state index contributed by atoms with van der Waals surface area (Å²) < 4.78 is 0. The Hall–Kier alpha value is -2.93. The van der Waals surface area contributed by atoms with Gasteiger partial charge >= 0.3 is 0 Å². The lowest BCUT2D eigenvalue weighted by Gasteiger charge is -2.12. The minimum atomic E-state index is -0.512. The largest absolute Gasteiger partial charge is 0.293 e. The molecule has 2 aromatic carbocycles. The Balaban J connectivity index is 1.86. The summed E-state index contributed by atoms with van der Waals surface area (Å²) in [7, 11) is 0. The number of rotatable bonds is 4. The average Bonchev–Trinajstić information content (AvgIpc) is 2.84. The molecule has 2 aromatic rings. The molecule has 0 bridgehead atoms. The molecule has 1 saturated heterocycles. The van der Waals surface area contributed by atoms with Crippen molar-refractivity contribution in [3.63, 3.8) is 0 Å². The molecule has 126 valence electrons. The molecule has 1 aliphatic rings. The highest BCUT2D eigenvalue weighted by Gasteiger charge is 2.35. The first-order chi connectivity index (χ1) is 12.0. The van der Waals surface area contributed by atoms with Crippen molar-refractivity contribution in [2.24, 2.45) is 0 Å². The van der Waals surface area contributed by atoms with Gasteiger partial charge in [-0.15, -0.1) is 0 Å². The minimum Gasteiger partial charge on any atom is -0.268 e. The Bertz CT molecular complexity index is 890. The molecule has 1 aliphatic heterocycles. The van der Waals surface area contributed by atoms with E-state index < -0.39 is 10.8 Å². The Labute approximate surface area is 148 Å². The van der Waals surface area contributed by atoms with Crippen LogP contribution in [-0.4, -0.2) is 21.0 Å². The number of aryl methyl sites for hydroxylation is 1. The molecule has 0 radical (unpaired) electrons. The Morgan fingerprint density at radius 3 is 2.48 bits per heavy atom. The first-order valence-corrected chi connectivity index (χ1v) is 8.31. The molecule has 2 amide bonds. The number of hydrogen-bond acceptors (Lipinski definition) is 5. The predicted octanol–water partition coefficient (Wildman–Crippen LogP) is 4.14. The molecule has 0 aromatic heterocycles. The van der Waals surface area contributed by atoms with Crippen LogP contribution in [0.2, 0.25) is 0 Å². The van der Waals surface area contributed by atoms with Crippen molar-refractivity contribution < 1.29 is 14.5 Å². The molecule has 0 atom stereocenters. The van der Waals surface area contributed by atoms with Gasteiger partial charge in [-0.1, -0.05) is 42.0 Å². The number of carbonyl (C=O) groups is 2. The number of hydrogen-bond donors (Lipinski definition) is 0. The quantitative estimate of drug-likeness (QED) is 0.468. The van der Waals surface area contributed by atoms with Crippen molar-refractivity contribution in [3.05, 3.63) is 80.2 Å². The summed E-state index contributed by atoms with van der Waals surface area (Å²) in [5.41, 5.74) is 2.13. The van der Waals surface area contributed by atoms with Gasteiger partial charge in [0.2, 0.25) is 0 Å². The van der Waals surface area contributed by atoms with E-state index in [-0.39, 0.29) is 22.4 Å². The molecule has 0 N–H and O–H groups in total. The van der Waals surface area contributed by atoms with Crippen molar-refractivity contribution in [2.45, 2.75) is 13.5 Å². The normalized spacial score (nSPS) is 15.9. The lowest BCUT2D eigenvalue weighted by Crippen LogP contribution is -2.27. The van der Waals surface area contributed by atoms with Crippen LogP contribution in [0.1, 0.15) is 16.7 Å². The van der Waals surface area contributed by atoms with Crippen molar-refractivity contribution >= 4 is 34.7 Å². The minimum absolute atomic E-state index is 0.104. The standard InChI is InChI=1S/C18H14N2O4S/c1-12-6-8-13(9-7-12)11-19-17(21)16(25-18(19)22)10-14-4-2-3-5-15(14)20(23)24/h2-10H,11H2,1H3/b16-10-. The van der Waals surface area contributed by atoms with Crippen molar-refractivity contribution in [1.82, 2.24) is 4.90 Å². The lowest BCUT2D eigenvalue weighted by atomic mass is 10.1. The van der Waals surface area contributed by atoms with Gasteiger partial charge in [0.1, 0.15) is 0 Å². The molecule has 3 rings (SSSR count). The Morgan fingerprint density at radius 2 is 1.80 bits per heavy atom. The van der Waals surface area contributed by atoms with Crippen LogP contribution in [0.5, 0.6) is 0 Å². The summed E-state index contributed by atoms with van der Waals surface area (Å²) in [5, 5.41) is 10.7. The van der Waals surface area contributed by atoms with Crippen LogP contribution in [0.4, 0.5) is 10.5 Å². The molecular formula is C18H14N2O4S. The van der Waals surface area contributed by atoms with E-state index in [4.69, 9.17) is 0 Å². The van der Waals surface area contributed by atoms with E-state index in [1.807, 2.05) is 31.2 Å². The van der Waals surface area contributed by atoms with Gasteiger partial charge in [0, 0.05) is 6.07 Å². The van der Waals surface area contributed by atoms with Gasteiger partial charge in [0.15, 0.2) is 0 Å². The van der Waals surface area contributed by atoms with E-state index in [0.29, 0.717) is 5.56 Å². The fourth-order valence-corrected chi connectivity index (χ4v) is 3.26. The highest BCUT2D eigenvalue weighted by molar-refractivity contribution is 8.18. The molecular weight excluding hydrogens is 340 g/mol. The zero-order valence-electron chi connectivity index (χ0n) is 13.3. The highest BCUT2D eigenvalue weighted by Crippen LogP contribution is 2.34. The maximum Gasteiger partial charge on any atom is 0.293 e. The van der Waals surface area contributed by atoms with E-state index in [9.17, 15) is 19.7 Å². The summed E-state index contributed by atoms with van der Waals surface area (Å²) in [6.07, 6.45) is 1.40. The summed E-state index contributed by atoms with van der Waals surface area (Å²) in [6.45, 7) is 2.14. The highest BCUT2D eigenvalue weighted by atomic mass is 32.2. The van der Waals surface area contributed by atoms with E-state index in [2.05, 4.69) is 0 Å². The zero-order valence-corrected chi connectivity index (χ0v) is 14.2. The molecule has 0 unspecified atom stereocenters. The third kappa shape index (κ3) is 3.61. The number of nitrogens with zero attached hydrogens (tertiary/aromatic N) is 2. The second-order valence-electron chi connectivity index (χ2n) is 5.57. The number of imide groups is 1. The SMILES string of the molecule is Cc1ccc(CN2C(=O)S/C(=C\c3ccccc3[N+](=O)[O-])C2=O)cc1. The smallest absolute Gasteiger partial charge is 0.268 e. The number of benzene rings is 2. The lowest BCUT2D eigenvalue weighted by molar-refractivity contribution is -0.385. The Kier molecular flexibility index (Phi) is 4.67. The molecule has 1 heterocycles. The molecule has 25 heavy (non-hydrogen) atoms. The van der Waals surface area contributed by atoms with Crippen LogP contribution in [0, 0.1) is 17.0 Å². The predicted molar refractivity (Wildman–Crippen MR) is 95.8 cm³/mol. The van der Waals surface area contributed by atoms with Gasteiger partial charge in [0.25, 0.3) is 16.8 Å². The maximum absolute atomic E-state index is 12.5. The summed E-state index contributed by atoms with van der Waals surface area (Å²) >= 11 is 0.795. The third-order valence-corrected chi connectivity index (χ3v) is 4.66.